The van der Waals surface area contributed by atoms with Crippen LogP contribution in [0.1, 0.15) is 30.6 Å². The van der Waals surface area contributed by atoms with Crippen LogP contribution < -0.4 is 0 Å². The Morgan fingerprint density at radius 2 is 1.74 bits per heavy atom. The molecule has 0 radical (unpaired) electrons. The molecule has 2 aromatic carbocycles. The van der Waals surface area contributed by atoms with Gasteiger partial charge in [0.05, 0.1) is 0 Å². The Labute approximate surface area is 142 Å². The Bertz CT molecular complexity index is 629. The molecule has 120 valence electrons. The van der Waals surface area contributed by atoms with E-state index < -0.39 is 0 Å². The molecule has 1 aliphatic heterocycles. The summed E-state index contributed by atoms with van der Waals surface area (Å²) in [4.78, 5) is 16.3. The van der Waals surface area contributed by atoms with Gasteiger partial charge in [-0.25, -0.2) is 0 Å². The van der Waals surface area contributed by atoms with Crippen LogP contribution in [0.25, 0.3) is 0 Å². The molecule has 0 bridgehead atoms. The van der Waals surface area contributed by atoms with Crippen molar-refractivity contribution < 1.29 is 4.79 Å². The van der Waals surface area contributed by atoms with Crippen molar-refractivity contribution in [1.29, 1.82) is 0 Å². The van der Waals surface area contributed by atoms with Gasteiger partial charge in [-0.1, -0.05) is 55.5 Å². The van der Waals surface area contributed by atoms with Crippen LogP contribution in [0.2, 0.25) is 0 Å². The Hall–Kier alpha value is -1.74. The zero-order valence-electron chi connectivity index (χ0n) is 13.5. The van der Waals surface area contributed by atoms with E-state index in [0.29, 0.717) is 5.92 Å². The smallest absolute Gasteiger partial charge is 0.240 e. The number of piperidine rings is 1. The second kappa shape index (κ2) is 7.69. The van der Waals surface area contributed by atoms with Crippen LogP contribution in [-0.4, -0.2) is 23.9 Å². The predicted octanol–water partition coefficient (Wildman–Crippen LogP) is 4.78. The van der Waals surface area contributed by atoms with Gasteiger partial charge in [0.2, 0.25) is 5.91 Å². The Kier molecular flexibility index (Phi) is 5.39. The lowest BCUT2D eigenvalue weighted by atomic mass is 9.99. The van der Waals surface area contributed by atoms with E-state index in [4.69, 9.17) is 0 Å². The quantitative estimate of drug-likeness (QED) is 0.754. The summed E-state index contributed by atoms with van der Waals surface area (Å²) < 4.78 is 0. The van der Waals surface area contributed by atoms with Crippen molar-refractivity contribution in [2.75, 3.05) is 13.1 Å². The molecule has 3 rings (SSSR count). The highest BCUT2D eigenvalue weighted by Gasteiger charge is 2.29. The zero-order chi connectivity index (χ0) is 16.1. The summed E-state index contributed by atoms with van der Waals surface area (Å²) in [5.41, 5.74) is 1.09. The first-order valence-electron chi connectivity index (χ1n) is 8.29. The molecule has 0 spiro atoms. The second-order valence-electron chi connectivity index (χ2n) is 6.25. The molecule has 23 heavy (non-hydrogen) atoms. The molecule has 2 nitrogen and oxygen atoms in total. The molecular weight excluding hydrogens is 302 g/mol. The lowest BCUT2D eigenvalue weighted by Crippen LogP contribution is -2.41. The number of likely N-dealkylation sites (tertiary alicyclic amines) is 1. The fraction of sp³-hybridized carbons (Fsp3) is 0.350. The van der Waals surface area contributed by atoms with Gasteiger partial charge < -0.3 is 4.90 Å². The maximum atomic E-state index is 13.2. The summed E-state index contributed by atoms with van der Waals surface area (Å²) in [5.74, 6) is 0.849. The number of hydrogen-bond donors (Lipinski definition) is 0. The van der Waals surface area contributed by atoms with E-state index in [1.165, 1.54) is 6.42 Å². The summed E-state index contributed by atoms with van der Waals surface area (Å²) in [6.45, 7) is 4.01. The average Bonchev–Trinajstić information content (AvgIpc) is 2.61. The monoisotopic (exact) mass is 325 g/mol. The number of carbonyl (C=O) groups is 1. The molecule has 1 amide bonds. The molecule has 1 fully saturated rings. The summed E-state index contributed by atoms with van der Waals surface area (Å²) in [6, 6.07) is 20.4. The highest BCUT2D eigenvalue weighted by Crippen LogP contribution is 2.37. The van der Waals surface area contributed by atoms with E-state index in [1.54, 1.807) is 11.8 Å². The molecule has 0 saturated carbocycles. The topological polar surface area (TPSA) is 20.3 Å². The maximum absolute atomic E-state index is 13.2. The van der Waals surface area contributed by atoms with Crippen LogP contribution in [-0.2, 0) is 4.79 Å². The van der Waals surface area contributed by atoms with E-state index in [1.807, 2.05) is 36.4 Å². The molecule has 0 N–H and O–H groups in total. The van der Waals surface area contributed by atoms with E-state index in [-0.39, 0.29) is 11.2 Å². The van der Waals surface area contributed by atoms with Crippen LogP contribution in [0, 0.1) is 5.92 Å². The lowest BCUT2D eigenvalue weighted by Gasteiger charge is -2.33. The number of hydrogen-bond acceptors (Lipinski definition) is 2. The fourth-order valence-electron chi connectivity index (χ4n) is 3.08. The molecule has 1 aliphatic rings. The highest BCUT2D eigenvalue weighted by atomic mass is 32.2. The molecule has 1 saturated heterocycles. The predicted molar refractivity (Wildman–Crippen MR) is 96.5 cm³/mol. The van der Waals surface area contributed by atoms with Crippen molar-refractivity contribution in [3.05, 3.63) is 66.2 Å². The molecule has 0 aromatic heterocycles. The second-order valence-corrected chi connectivity index (χ2v) is 7.43. The Morgan fingerprint density at radius 3 is 2.39 bits per heavy atom. The van der Waals surface area contributed by atoms with Gasteiger partial charge in [0.25, 0.3) is 0 Å². The van der Waals surface area contributed by atoms with Gasteiger partial charge in [-0.2, -0.15) is 0 Å². The van der Waals surface area contributed by atoms with Gasteiger partial charge >= 0.3 is 0 Å². The first kappa shape index (κ1) is 16.1. The first-order chi connectivity index (χ1) is 11.2. The van der Waals surface area contributed by atoms with Crippen molar-refractivity contribution in [1.82, 2.24) is 4.90 Å². The van der Waals surface area contributed by atoms with E-state index in [2.05, 4.69) is 36.1 Å². The first-order valence-corrected chi connectivity index (χ1v) is 9.17. The Morgan fingerprint density at radius 1 is 1.09 bits per heavy atom. The number of carbonyl (C=O) groups excluding carboxylic acids is 1. The molecule has 3 heteroatoms. The van der Waals surface area contributed by atoms with Crippen LogP contribution in [0.4, 0.5) is 0 Å². The molecule has 2 atom stereocenters. The third kappa shape index (κ3) is 4.17. The van der Waals surface area contributed by atoms with E-state index >= 15 is 0 Å². The standard InChI is InChI=1S/C20H23NOS/c1-16-9-8-14-21(15-16)20(22)19(17-10-4-2-5-11-17)23-18-12-6-3-7-13-18/h2-7,10-13,16,19H,8-9,14-15H2,1H3/t16-,19+/m0/s1. The summed E-state index contributed by atoms with van der Waals surface area (Å²) in [5, 5.41) is -0.163. The van der Waals surface area contributed by atoms with Crippen molar-refractivity contribution >= 4 is 17.7 Å². The van der Waals surface area contributed by atoms with Gasteiger partial charge in [0, 0.05) is 18.0 Å². The van der Waals surface area contributed by atoms with Crippen molar-refractivity contribution in [2.24, 2.45) is 5.92 Å². The molecule has 0 unspecified atom stereocenters. The minimum Gasteiger partial charge on any atom is -0.341 e. The third-order valence-corrected chi connectivity index (χ3v) is 5.55. The largest absolute Gasteiger partial charge is 0.341 e. The van der Waals surface area contributed by atoms with Crippen LogP contribution in [0.3, 0.4) is 0 Å². The van der Waals surface area contributed by atoms with Gasteiger partial charge in [-0.15, -0.1) is 11.8 Å². The van der Waals surface area contributed by atoms with Gasteiger partial charge in [0.15, 0.2) is 0 Å². The van der Waals surface area contributed by atoms with Crippen LogP contribution in [0.5, 0.6) is 0 Å². The highest BCUT2D eigenvalue weighted by molar-refractivity contribution is 8.00. The maximum Gasteiger partial charge on any atom is 0.240 e. The average molecular weight is 325 g/mol. The lowest BCUT2D eigenvalue weighted by molar-refractivity contribution is -0.132. The molecule has 2 aromatic rings. The molecule has 1 heterocycles. The van der Waals surface area contributed by atoms with Crippen molar-refractivity contribution in [3.8, 4) is 0 Å². The zero-order valence-corrected chi connectivity index (χ0v) is 14.3. The van der Waals surface area contributed by atoms with Crippen LogP contribution in [0.15, 0.2) is 65.6 Å². The van der Waals surface area contributed by atoms with Crippen molar-refractivity contribution in [3.63, 3.8) is 0 Å². The summed E-state index contributed by atoms with van der Waals surface area (Å²) in [7, 11) is 0. The van der Waals surface area contributed by atoms with Gasteiger partial charge in [0.1, 0.15) is 5.25 Å². The third-order valence-electron chi connectivity index (χ3n) is 4.29. The van der Waals surface area contributed by atoms with Crippen LogP contribution >= 0.6 is 11.8 Å². The summed E-state index contributed by atoms with van der Waals surface area (Å²) in [6.07, 6.45) is 2.34. The number of thioether (sulfide) groups is 1. The SMILES string of the molecule is C[C@H]1CCCN(C(=O)[C@H](Sc2ccccc2)c2ccccc2)C1. The minimum absolute atomic E-state index is 0.163. The number of amides is 1. The normalized spacial score (nSPS) is 19.3. The Balaban J connectivity index is 1.84. The van der Waals surface area contributed by atoms with Crippen molar-refractivity contribution in [2.45, 2.75) is 29.9 Å². The number of benzene rings is 2. The summed E-state index contributed by atoms with van der Waals surface area (Å²) >= 11 is 1.65. The van der Waals surface area contributed by atoms with Gasteiger partial charge in [-0.05, 0) is 36.5 Å². The number of nitrogens with zero attached hydrogens (tertiary/aromatic N) is 1. The van der Waals surface area contributed by atoms with E-state index in [0.717, 1.165) is 30.0 Å². The van der Waals surface area contributed by atoms with Gasteiger partial charge in [-0.3, -0.25) is 4.79 Å². The molecular formula is C20H23NOS. The fourth-order valence-corrected chi connectivity index (χ4v) is 4.21. The van der Waals surface area contributed by atoms with E-state index in [9.17, 15) is 4.79 Å². The minimum atomic E-state index is -0.163. The number of rotatable bonds is 4. The molecule has 0 aliphatic carbocycles.